The number of anilines is 1. The second-order valence-electron chi connectivity index (χ2n) is 8.35. The number of piperazine rings is 1. The lowest BCUT2D eigenvalue weighted by atomic mass is 9.89. The van der Waals surface area contributed by atoms with Crippen molar-refractivity contribution in [3.63, 3.8) is 0 Å². The molecule has 0 unspecified atom stereocenters. The molecule has 0 radical (unpaired) electrons. The van der Waals surface area contributed by atoms with Crippen molar-refractivity contribution < 1.29 is 8.42 Å². The van der Waals surface area contributed by atoms with Crippen LogP contribution in [0.25, 0.3) is 0 Å². The van der Waals surface area contributed by atoms with E-state index in [2.05, 4.69) is 27.5 Å². The number of halogens is 1. The summed E-state index contributed by atoms with van der Waals surface area (Å²) in [6.45, 7) is 5.83. The van der Waals surface area contributed by atoms with Crippen LogP contribution < -0.4 is 9.62 Å². The molecule has 2 aliphatic rings. The number of hydrogen-bond donors (Lipinski definition) is 1. The van der Waals surface area contributed by atoms with Crippen LogP contribution in [0.3, 0.4) is 0 Å². The average Bonchev–Trinajstić information content (AvgIpc) is 2.76. The molecule has 1 saturated carbocycles. The Labute approximate surface area is 185 Å². The Kier molecular flexibility index (Phi) is 6.68. The molecule has 1 saturated heterocycles. The number of benzene rings is 2. The van der Waals surface area contributed by atoms with Gasteiger partial charge in [0.1, 0.15) is 0 Å². The number of hydrogen-bond acceptors (Lipinski definition) is 4. The summed E-state index contributed by atoms with van der Waals surface area (Å²) in [6.07, 6.45) is 4.16. The molecule has 0 bridgehead atoms. The zero-order chi connectivity index (χ0) is 21.1. The lowest BCUT2D eigenvalue weighted by Crippen LogP contribution is -2.58. The minimum atomic E-state index is -3.50. The third kappa shape index (κ3) is 4.83. The molecule has 0 amide bonds. The summed E-state index contributed by atoms with van der Waals surface area (Å²) >= 11 is 6.22. The fraction of sp³-hybridized carbons (Fsp3) is 0.478. The highest BCUT2D eigenvalue weighted by molar-refractivity contribution is 7.89. The molecule has 162 valence electrons. The molecule has 2 aromatic rings. The third-order valence-corrected chi connectivity index (χ3v) is 8.13. The molecular formula is C23H30ClN3O2S. The van der Waals surface area contributed by atoms with Crippen LogP contribution in [0, 0.1) is 6.92 Å². The van der Waals surface area contributed by atoms with E-state index in [1.54, 1.807) is 24.3 Å². The summed E-state index contributed by atoms with van der Waals surface area (Å²) in [5, 5.41) is 0.765. The minimum absolute atomic E-state index is 0.0385. The summed E-state index contributed by atoms with van der Waals surface area (Å²) in [5.41, 5.74) is 2.44. The van der Waals surface area contributed by atoms with E-state index >= 15 is 0 Å². The maximum absolute atomic E-state index is 12.9. The highest BCUT2D eigenvalue weighted by atomic mass is 35.5. The first-order valence-corrected chi connectivity index (χ1v) is 12.6. The second kappa shape index (κ2) is 9.27. The summed E-state index contributed by atoms with van der Waals surface area (Å²) in [4.78, 5) is 5.22. The van der Waals surface area contributed by atoms with E-state index < -0.39 is 10.0 Å². The standard InChI is InChI=1S/C23H30ClN3O2S/c1-18-11-12-19(24)17-23(18)27-15-13-26(14-16-27)22-10-6-5-9-21(22)25-30(28,29)20-7-3-2-4-8-20/h2-4,7-8,11-12,17,21-22,25H,5-6,9-10,13-16H2,1H3/t21-,22-/m0/s1. The predicted molar refractivity (Wildman–Crippen MR) is 123 cm³/mol. The van der Waals surface area contributed by atoms with Crippen LogP contribution in [0.4, 0.5) is 5.69 Å². The average molecular weight is 448 g/mol. The monoisotopic (exact) mass is 447 g/mol. The first-order valence-electron chi connectivity index (χ1n) is 10.8. The van der Waals surface area contributed by atoms with Crippen LogP contribution in [-0.4, -0.2) is 51.6 Å². The maximum atomic E-state index is 12.9. The molecule has 2 atom stereocenters. The summed E-state index contributed by atoms with van der Waals surface area (Å²) < 4.78 is 28.8. The quantitative estimate of drug-likeness (QED) is 0.750. The molecule has 0 aromatic heterocycles. The second-order valence-corrected chi connectivity index (χ2v) is 10.5. The molecule has 30 heavy (non-hydrogen) atoms. The molecule has 2 fully saturated rings. The zero-order valence-corrected chi connectivity index (χ0v) is 19.0. The van der Waals surface area contributed by atoms with E-state index in [1.807, 2.05) is 18.2 Å². The van der Waals surface area contributed by atoms with Crippen LogP contribution in [0.5, 0.6) is 0 Å². The Morgan fingerprint density at radius 3 is 2.40 bits per heavy atom. The fourth-order valence-electron chi connectivity index (χ4n) is 4.77. The Balaban J connectivity index is 1.43. The topological polar surface area (TPSA) is 52.6 Å². The smallest absolute Gasteiger partial charge is 0.240 e. The summed E-state index contributed by atoms with van der Waals surface area (Å²) in [5.74, 6) is 0. The predicted octanol–water partition coefficient (Wildman–Crippen LogP) is 4.06. The van der Waals surface area contributed by atoms with Crippen LogP contribution in [0.1, 0.15) is 31.2 Å². The van der Waals surface area contributed by atoms with Gasteiger partial charge in [-0.15, -0.1) is 0 Å². The molecule has 2 aromatic carbocycles. The highest BCUT2D eigenvalue weighted by Crippen LogP contribution is 2.29. The Hall–Kier alpha value is -1.60. The molecule has 7 heteroatoms. The number of aryl methyl sites for hydroxylation is 1. The molecule has 1 aliphatic heterocycles. The van der Waals surface area contributed by atoms with Gasteiger partial charge in [-0.3, -0.25) is 4.90 Å². The fourth-order valence-corrected chi connectivity index (χ4v) is 6.26. The van der Waals surface area contributed by atoms with E-state index in [0.29, 0.717) is 4.90 Å². The molecule has 4 rings (SSSR count). The lowest BCUT2D eigenvalue weighted by Gasteiger charge is -2.45. The van der Waals surface area contributed by atoms with Crippen LogP contribution >= 0.6 is 11.6 Å². The van der Waals surface area contributed by atoms with Gasteiger partial charge in [-0.25, -0.2) is 13.1 Å². The van der Waals surface area contributed by atoms with Gasteiger partial charge in [0.15, 0.2) is 0 Å². The van der Waals surface area contributed by atoms with Crippen molar-refractivity contribution in [1.82, 2.24) is 9.62 Å². The molecular weight excluding hydrogens is 418 g/mol. The first-order chi connectivity index (χ1) is 14.4. The maximum Gasteiger partial charge on any atom is 0.240 e. The summed E-state index contributed by atoms with van der Waals surface area (Å²) in [7, 11) is -3.50. The van der Waals surface area contributed by atoms with Gasteiger partial charge >= 0.3 is 0 Å². The molecule has 1 heterocycles. The zero-order valence-electron chi connectivity index (χ0n) is 17.4. The Bertz CT molecular complexity index is 960. The Morgan fingerprint density at radius 2 is 1.67 bits per heavy atom. The third-order valence-electron chi connectivity index (χ3n) is 6.38. The van der Waals surface area contributed by atoms with Gasteiger partial charge in [0.25, 0.3) is 0 Å². The van der Waals surface area contributed by atoms with Gasteiger partial charge in [-0.2, -0.15) is 0 Å². The number of nitrogens with zero attached hydrogens (tertiary/aromatic N) is 2. The lowest BCUT2D eigenvalue weighted by molar-refractivity contribution is 0.124. The SMILES string of the molecule is Cc1ccc(Cl)cc1N1CCN([C@H]2CCCC[C@@H]2NS(=O)(=O)c2ccccc2)CC1. The largest absolute Gasteiger partial charge is 0.369 e. The van der Waals surface area contributed by atoms with Gasteiger partial charge < -0.3 is 4.90 Å². The van der Waals surface area contributed by atoms with Crippen LogP contribution in [0.2, 0.25) is 5.02 Å². The molecule has 0 spiro atoms. The van der Waals surface area contributed by atoms with Crippen molar-refractivity contribution >= 4 is 27.3 Å². The van der Waals surface area contributed by atoms with Crippen LogP contribution in [-0.2, 0) is 10.0 Å². The van der Waals surface area contributed by atoms with Gasteiger partial charge in [0, 0.05) is 49.0 Å². The number of rotatable bonds is 5. The van der Waals surface area contributed by atoms with Crippen molar-refractivity contribution in [2.45, 2.75) is 49.6 Å². The van der Waals surface area contributed by atoms with Crippen molar-refractivity contribution in [2.24, 2.45) is 0 Å². The van der Waals surface area contributed by atoms with E-state index in [9.17, 15) is 8.42 Å². The van der Waals surface area contributed by atoms with Crippen molar-refractivity contribution in [3.8, 4) is 0 Å². The van der Waals surface area contributed by atoms with E-state index in [4.69, 9.17) is 11.6 Å². The molecule has 1 N–H and O–H groups in total. The van der Waals surface area contributed by atoms with Crippen molar-refractivity contribution in [3.05, 3.63) is 59.1 Å². The van der Waals surface area contributed by atoms with Gasteiger partial charge in [-0.1, -0.05) is 48.7 Å². The van der Waals surface area contributed by atoms with Crippen LogP contribution in [0.15, 0.2) is 53.4 Å². The minimum Gasteiger partial charge on any atom is -0.369 e. The number of sulfonamides is 1. The van der Waals surface area contributed by atoms with Gasteiger partial charge in [0.2, 0.25) is 10.0 Å². The van der Waals surface area contributed by atoms with Crippen molar-refractivity contribution in [1.29, 1.82) is 0 Å². The Morgan fingerprint density at radius 1 is 0.967 bits per heavy atom. The van der Waals surface area contributed by atoms with Gasteiger partial charge in [0.05, 0.1) is 4.90 Å². The van der Waals surface area contributed by atoms with E-state index in [1.165, 1.54) is 11.3 Å². The normalized spacial score (nSPS) is 23.5. The molecule has 1 aliphatic carbocycles. The first kappa shape index (κ1) is 21.6. The van der Waals surface area contributed by atoms with Crippen molar-refractivity contribution in [2.75, 3.05) is 31.1 Å². The van der Waals surface area contributed by atoms with E-state index in [0.717, 1.165) is 56.9 Å². The highest BCUT2D eigenvalue weighted by Gasteiger charge is 2.34. The number of nitrogens with one attached hydrogen (secondary N) is 1. The van der Waals surface area contributed by atoms with Gasteiger partial charge in [-0.05, 0) is 49.6 Å². The summed E-state index contributed by atoms with van der Waals surface area (Å²) in [6, 6.07) is 14.9. The van der Waals surface area contributed by atoms with E-state index in [-0.39, 0.29) is 12.1 Å². The molecule has 5 nitrogen and oxygen atoms in total.